The van der Waals surface area contributed by atoms with Crippen LogP contribution in [0.1, 0.15) is 34.1 Å². The van der Waals surface area contributed by atoms with Crippen LogP contribution >= 0.6 is 11.6 Å². The Labute approximate surface area is 226 Å². The van der Waals surface area contributed by atoms with E-state index in [0.717, 1.165) is 45.4 Å². The third kappa shape index (κ3) is 5.07. The standard InChI is InChI=1S/C27H30ClN7O3/c1-14-25(24-15(2)34-38-16(24)3)32-26(21-8-20(6-7-22(21)28)37-13-19(36)10-29-5)33-27(14)35-11-18-9-30-17(4)31-23(18)12-35/h6-9,19,29,36H,10-13H2,1-5H3/t19-/m1/s1. The van der Waals surface area contributed by atoms with Gasteiger partial charge in [-0.15, -0.1) is 0 Å². The number of rotatable bonds is 8. The maximum absolute atomic E-state index is 10.1. The number of benzene rings is 1. The number of aliphatic hydroxyl groups is 1. The summed E-state index contributed by atoms with van der Waals surface area (Å²) in [6.45, 7) is 9.47. The second kappa shape index (κ2) is 10.6. The second-order valence-electron chi connectivity index (χ2n) is 9.45. The van der Waals surface area contributed by atoms with Gasteiger partial charge in [-0.25, -0.2) is 19.9 Å². The molecular formula is C27H30ClN7O3. The van der Waals surface area contributed by atoms with Crippen molar-refractivity contribution in [2.45, 2.75) is 46.9 Å². The lowest BCUT2D eigenvalue weighted by atomic mass is 10.0. The maximum Gasteiger partial charge on any atom is 0.163 e. The van der Waals surface area contributed by atoms with Gasteiger partial charge in [0.05, 0.1) is 34.2 Å². The van der Waals surface area contributed by atoms with Crippen LogP contribution in [0.4, 0.5) is 5.82 Å². The Morgan fingerprint density at radius 1 is 1.16 bits per heavy atom. The first-order valence-corrected chi connectivity index (χ1v) is 12.8. The quantitative estimate of drug-likeness (QED) is 0.343. The SMILES string of the molecule is CNC[C@@H](O)COc1ccc(Cl)c(-c2nc(-c3c(C)noc3C)c(C)c(N3Cc4cnc(C)nc4C3)n2)c1. The summed E-state index contributed by atoms with van der Waals surface area (Å²) in [4.78, 5) is 21.1. The topological polar surface area (TPSA) is 122 Å². The lowest BCUT2D eigenvalue weighted by Gasteiger charge is -2.22. The monoisotopic (exact) mass is 535 g/mol. The summed E-state index contributed by atoms with van der Waals surface area (Å²) in [5.41, 5.74) is 5.89. The van der Waals surface area contributed by atoms with Crippen LogP contribution in [0.25, 0.3) is 22.6 Å². The van der Waals surface area contributed by atoms with Crippen molar-refractivity contribution in [3.63, 3.8) is 0 Å². The van der Waals surface area contributed by atoms with Gasteiger partial charge in [0.15, 0.2) is 5.82 Å². The van der Waals surface area contributed by atoms with Crippen LogP contribution in [0, 0.1) is 27.7 Å². The number of anilines is 1. The molecule has 4 aromatic rings. The van der Waals surface area contributed by atoms with Gasteiger partial charge in [-0.3, -0.25) is 0 Å². The van der Waals surface area contributed by atoms with E-state index in [4.69, 9.17) is 30.8 Å². The number of nitrogens with one attached hydrogen (secondary N) is 1. The molecule has 198 valence electrons. The molecular weight excluding hydrogens is 506 g/mol. The minimum absolute atomic E-state index is 0.138. The Hall–Kier alpha value is -3.60. The van der Waals surface area contributed by atoms with E-state index in [-0.39, 0.29) is 6.61 Å². The average Bonchev–Trinajstić information content (AvgIpc) is 3.46. The third-order valence-electron chi connectivity index (χ3n) is 6.53. The van der Waals surface area contributed by atoms with Crippen LogP contribution < -0.4 is 15.0 Å². The fraction of sp³-hybridized carbons (Fsp3) is 0.370. The van der Waals surface area contributed by atoms with E-state index in [1.807, 2.05) is 33.9 Å². The number of hydrogen-bond donors (Lipinski definition) is 2. The Bertz CT molecular complexity index is 1470. The van der Waals surface area contributed by atoms with Gasteiger partial charge in [0.1, 0.15) is 35.9 Å². The molecule has 0 saturated carbocycles. The van der Waals surface area contributed by atoms with Gasteiger partial charge < -0.3 is 24.6 Å². The van der Waals surface area contributed by atoms with Crippen LogP contribution in [-0.2, 0) is 13.1 Å². The van der Waals surface area contributed by atoms with E-state index in [1.165, 1.54) is 0 Å². The van der Waals surface area contributed by atoms with E-state index in [1.54, 1.807) is 25.2 Å². The molecule has 1 aliphatic heterocycles. The van der Waals surface area contributed by atoms with Crippen molar-refractivity contribution < 1.29 is 14.4 Å². The van der Waals surface area contributed by atoms with Crippen LogP contribution in [0.3, 0.4) is 0 Å². The van der Waals surface area contributed by atoms with Crippen molar-refractivity contribution in [3.8, 4) is 28.4 Å². The minimum Gasteiger partial charge on any atom is -0.491 e. The number of aryl methyl sites for hydroxylation is 3. The highest BCUT2D eigenvalue weighted by Crippen LogP contribution is 2.38. The van der Waals surface area contributed by atoms with Crippen LogP contribution in [0.15, 0.2) is 28.9 Å². The lowest BCUT2D eigenvalue weighted by molar-refractivity contribution is 0.108. The Morgan fingerprint density at radius 3 is 2.71 bits per heavy atom. The molecule has 0 saturated heterocycles. The van der Waals surface area contributed by atoms with Crippen LogP contribution in [0.5, 0.6) is 5.75 Å². The van der Waals surface area contributed by atoms with Gasteiger partial charge in [0.25, 0.3) is 0 Å². The van der Waals surface area contributed by atoms with E-state index in [2.05, 4.69) is 25.3 Å². The number of nitrogens with zero attached hydrogens (tertiary/aromatic N) is 6. The van der Waals surface area contributed by atoms with Crippen molar-refractivity contribution in [1.82, 2.24) is 30.4 Å². The van der Waals surface area contributed by atoms with E-state index in [9.17, 15) is 5.11 Å². The third-order valence-corrected chi connectivity index (χ3v) is 6.86. The minimum atomic E-state index is -0.643. The maximum atomic E-state index is 10.1. The Morgan fingerprint density at radius 2 is 1.97 bits per heavy atom. The van der Waals surface area contributed by atoms with Crippen molar-refractivity contribution >= 4 is 17.4 Å². The number of aromatic nitrogens is 5. The normalized spacial score (nSPS) is 13.6. The molecule has 1 aliphatic rings. The molecule has 3 aromatic heterocycles. The number of halogens is 1. The first kappa shape index (κ1) is 26.0. The predicted molar refractivity (Wildman–Crippen MR) is 144 cm³/mol. The van der Waals surface area contributed by atoms with Crippen LogP contribution in [-0.4, -0.2) is 56.5 Å². The van der Waals surface area contributed by atoms with E-state index in [0.29, 0.717) is 47.6 Å². The lowest BCUT2D eigenvalue weighted by Crippen LogP contribution is -2.29. The largest absolute Gasteiger partial charge is 0.491 e. The highest BCUT2D eigenvalue weighted by atomic mass is 35.5. The molecule has 0 spiro atoms. The molecule has 0 fully saturated rings. The van der Waals surface area contributed by atoms with Gasteiger partial charge >= 0.3 is 0 Å². The van der Waals surface area contributed by atoms with E-state index >= 15 is 0 Å². The first-order valence-electron chi connectivity index (χ1n) is 12.4. The van der Waals surface area contributed by atoms with Crippen molar-refractivity contribution in [3.05, 3.63) is 63.5 Å². The zero-order chi connectivity index (χ0) is 27.0. The first-order chi connectivity index (χ1) is 18.2. The van der Waals surface area contributed by atoms with Gasteiger partial charge in [-0.05, 0) is 52.9 Å². The number of hydrogen-bond acceptors (Lipinski definition) is 10. The van der Waals surface area contributed by atoms with Gasteiger partial charge in [-0.2, -0.15) is 0 Å². The molecule has 4 heterocycles. The average molecular weight is 536 g/mol. The molecule has 0 aliphatic carbocycles. The summed E-state index contributed by atoms with van der Waals surface area (Å²) in [7, 11) is 1.78. The Kier molecular flexibility index (Phi) is 7.29. The predicted octanol–water partition coefficient (Wildman–Crippen LogP) is 3.95. The van der Waals surface area contributed by atoms with Gasteiger partial charge in [0.2, 0.25) is 0 Å². The van der Waals surface area contributed by atoms with Crippen molar-refractivity contribution in [1.29, 1.82) is 0 Å². The summed E-state index contributed by atoms with van der Waals surface area (Å²) in [6, 6.07) is 5.31. The molecule has 0 bridgehead atoms. The number of likely N-dealkylation sites (N-methyl/N-ethyl adjacent to an activating group) is 1. The summed E-state index contributed by atoms with van der Waals surface area (Å²) >= 11 is 6.67. The summed E-state index contributed by atoms with van der Waals surface area (Å²) in [6.07, 6.45) is 1.24. The van der Waals surface area contributed by atoms with Crippen LogP contribution in [0.2, 0.25) is 5.02 Å². The number of fused-ring (bicyclic) bond motifs is 1. The molecule has 38 heavy (non-hydrogen) atoms. The highest BCUT2D eigenvalue weighted by Gasteiger charge is 2.28. The Balaban J connectivity index is 1.60. The molecule has 1 atom stereocenters. The molecule has 0 radical (unpaired) electrons. The fourth-order valence-electron chi connectivity index (χ4n) is 4.65. The highest BCUT2D eigenvalue weighted by molar-refractivity contribution is 6.33. The van der Waals surface area contributed by atoms with Gasteiger partial charge in [-0.1, -0.05) is 16.8 Å². The molecule has 0 amide bonds. The number of aliphatic hydroxyl groups excluding tert-OH is 1. The summed E-state index contributed by atoms with van der Waals surface area (Å²) in [5, 5.41) is 17.6. The van der Waals surface area contributed by atoms with Crippen molar-refractivity contribution in [2.24, 2.45) is 0 Å². The molecule has 11 heteroatoms. The summed E-state index contributed by atoms with van der Waals surface area (Å²) < 4.78 is 11.3. The molecule has 5 rings (SSSR count). The molecule has 0 unspecified atom stereocenters. The fourth-order valence-corrected chi connectivity index (χ4v) is 4.86. The summed E-state index contributed by atoms with van der Waals surface area (Å²) in [5.74, 6) is 3.20. The molecule has 10 nitrogen and oxygen atoms in total. The van der Waals surface area contributed by atoms with Gasteiger partial charge in [0, 0.05) is 36.0 Å². The second-order valence-corrected chi connectivity index (χ2v) is 9.86. The smallest absolute Gasteiger partial charge is 0.163 e. The molecule has 2 N–H and O–H groups in total. The number of ether oxygens (including phenoxy) is 1. The zero-order valence-corrected chi connectivity index (χ0v) is 22.8. The van der Waals surface area contributed by atoms with E-state index < -0.39 is 6.10 Å². The van der Waals surface area contributed by atoms with Crippen molar-refractivity contribution in [2.75, 3.05) is 25.1 Å². The molecule has 1 aromatic carbocycles. The zero-order valence-electron chi connectivity index (χ0n) is 22.0.